The molecule has 2 atom stereocenters. The normalized spacial score (nSPS) is 16.5. The van der Waals surface area contributed by atoms with Gasteiger partial charge < -0.3 is 0 Å². The molecule has 0 bridgehead atoms. The maximum atomic E-state index is 4.04. The first-order chi connectivity index (χ1) is 14.4. The van der Waals surface area contributed by atoms with Gasteiger partial charge in [0.1, 0.15) is 0 Å². The zero-order chi connectivity index (χ0) is 23.9. The van der Waals surface area contributed by atoms with Crippen LogP contribution in [0, 0.1) is 11.8 Å². The number of benzene rings is 1. The molecule has 0 saturated carbocycles. The monoisotopic (exact) mass is 421 g/mol. The molecule has 1 nitrogen and oxygen atoms in total. The van der Waals surface area contributed by atoms with E-state index in [1.807, 2.05) is 12.2 Å². The predicted molar refractivity (Wildman–Crippen MR) is 141 cm³/mol. The van der Waals surface area contributed by atoms with Gasteiger partial charge in [-0.2, -0.15) is 0 Å². The molecule has 0 spiro atoms. The first-order valence-corrected chi connectivity index (χ1v) is 11.8. The number of rotatable bonds is 12. The topological polar surface area (TPSA) is 3.24 Å². The minimum absolute atomic E-state index is 0.0509. The Balaban J connectivity index is 3.70. The second-order valence-corrected chi connectivity index (χ2v) is 10.5. The third-order valence-electron chi connectivity index (χ3n) is 7.61. The quantitative estimate of drug-likeness (QED) is 0.306. The van der Waals surface area contributed by atoms with E-state index in [4.69, 9.17) is 0 Å². The molecule has 2 unspecified atom stereocenters. The highest BCUT2D eigenvalue weighted by Crippen LogP contribution is 2.49. The third kappa shape index (κ3) is 5.89. The van der Waals surface area contributed by atoms with Gasteiger partial charge in [-0.15, -0.1) is 0 Å². The third-order valence-corrected chi connectivity index (χ3v) is 7.61. The van der Waals surface area contributed by atoms with E-state index in [0.717, 1.165) is 12.8 Å². The van der Waals surface area contributed by atoms with Crippen LogP contribution in [-0.2, 0) is 5.41 Å². The Kier molecular flexibility index (Phi) is 9.76. The van der Waals surface area contributed by atoms with E-state index in [1.54, 1.807) is 0 Å². The fraction of sp³-hybridized carbons (Fsp3) is 0.533. The van der Waals surface area contributed by atoms with Gasteiger partial charge in [0.25, 0.3) is 0 Å². The summed E-state index contributed by atoms with van der Waals surface area (Å²) < 4.78 is 0. The minimum Gasteiger partial charge on any atom is -0.296 e. The first kappa shape index (κ1) is 27.2. The van der Waals surface area contributed by atoms with Crippen molar-refractivity contribution in [2.24, 2.45) is 11.8 Å². The molecular formula is C30H47N. The van der Waals surface area contributed by atoms with Crippen molar-refractivity contribution >= 4 is 0 Å². The van der Waals surface area contributed by atoms with Crippen LogP contribution in [0.15, 0.2) is 79.4 Å². The summed E-state index contributed by atoms with van der Waals surface area (Å²) in [4.78, 5) is 2.57. The molecule has 0 radical (unpaired) electrons. The molecule has 1 heteroatoms. The minimum atomic E-state index is -0.135. The zero-order valence-electron chi connectivity index (χ0n) is 21.7. The number of allylic oxidation sites excluding steroid dienone is 6. The molecule has 1 aromatic rings. The molecular weight excluding hydrogens is 374 g/mol. The lowest BCUT2D eigenvalue weighted by Crippen LogP contribution is -2.55. The van der Waals surface area contributed by atoms with Crippen LogP contribution in [0.4, 0.5) is 0 Å². The van der Waals surface area contributed by atoms with Crippen molar-refractivity contribution < 1.29 is 0 Å². The van der Waals surface area contributed by atoms with Gasteiger partial charge in [-0.05, 0) is 70.6 Å². The highest BCUT2D eigenvalue weighted by molar-refractivity contribution is 5.45. The second kappa shape index (κ2) is 11.1. The van der Waals surface area contributed by atoms with E-state index in [1.165, 1.54) is 11.1 Å². The van der Waals surface area contributed by atoms with Crippen LogP contribution in [0.3, 0.4) is 0 Å². The molecule has 1 rings (SSSR count). The van der Waals surface area contributed by atoms with Crippen molar-refractivity contribution in [2.45, 2.75) is 84.7 Å². The van der Waals surface area contributed by atoms with Crippen LogP contribution < -0.4 is 0 Å². The Morgan fingerprint density at radius 1 is 0.968 bits per heavy atom. The van der Waals surface area contributed by atoms with Crippen molar-refractivity contribution in [1.29, 1.82) is 0 Å². The summed E-state index contributed by atoms with van der Waals surface area (Å²) >= 11 is 0. The fourth-order valence-electron chi connectivity index (χ4n) is 5.42. The molecule has 0 heterocycles. The van der Waals surface area contributed by atoms with E-state index in [0.29, 0.717) is 11.8 Å². The summed E-state index contributed by atoms with van der Waals surface area (Å²) in [5.74, 6) is 0.812. The van der Waals surface area contributed by atoms with E-state index >= 15 is 0 Å². The van der Waals surface area contributed by atoms with Gasteiger partial charge in [-0.25, -0.2) is 0 Å². The van der Waals surface area contributed by atoms with E-state index < -0.39 is 0 Å². The standard InChI is InChI=1S/C30H47N/c1-12-15-20-26(19-13-2)30(24(4)5,27-21-17-16-18-22-27)25(6)23-29(9,10)31(11)28(7,8)14-3/h12-13,15-22,24-25H,1-2,14,23H2,3-11H3/b20-15-,26-19+. The first-order valence-electron chi connectivity index (χ1n) is 11.8. The van der Waals surface area contributed by atoms with E-state index in [2.05, 4.69) is 129 Å². The molecule has 1 aromatic carbocycles. The van der Waals surface area contributed by atoms with Crippen molar-refractivity contribution in [2.75, 3.05) is 7.05 Å². The number of nitrogens with zero attached hydrogens (tertiary/aromatic N) is 1. The van der Waals surface area contributed by atoms with Crippen molar-refractivity contribution in [3.8, 4) is 0 Å². The molecule has 172 valence electrons. The molecule has 0 aromatic heterocycles. The Hall–Kier alpha value is -1.86. The molecule has 0 saturated heterocycles. The number of hydrogen-bond acceptors (Lipinski definition) is 1. The van der Waals surface area contributed by atoms with Gasteiger partial charge in [-0.1, -0.05) is 102 Å². The summed E-state index contributed by atoms with van der Waals surface area (Å²) in [6.45, 7) is 26.9. The van der Waals surface area contributed by atoms with Crippen LogP contribution in [0.1, 0.15) is 73.8 Å². The maximum absolute atomic E-state index is 4.04. The van der Waals surface area contributed by atoms with Gasteiger partial charge in [0, 0.05) is 16.5 Å². The van der Waals surface area contributed by atoms with Crippen LogP contribution in [0.2, 0.25) is 0 Å². The van der Waals surface area contributed by atoms with Gasteiger partial charge in [0.05, 0.1) is 0 Å². The molecule has 0 N–H and O–H groups in total. The Labute approximate surface area is 193 Å². The highest BCUT2D eigenvalue weighted by Gasteiger charge is 2.46. The van der Waals surface area contributed by atoms with Crippen molar-refractivity contribution in [1.82, 2.24) is 4.90 Å². The Morgan fingerprint density at radius 2 is 1.55 bits per heavy atom. The lowest BCUT2D eigenvalue weighted by atomic mass is 9.57. The van der Waals surface area contributed by atoms with Gasteiger partial charge in [0.15, 0.2) is 0 Å². The van der Waals surface area contributed by atoms with Crippen LogP contribution in [0.5, 0.6) is 0 Å². The van der Waals surface area contributed by atoms with E-state index in [-0.39, 0.29) is 16.5 Å². The highest BCUT2D eigenvalue weighted by atomic mass is 15.2. The largest absolute Gasteiger partial charge is 0.296 e. The smallest absolute Gasteiger partial charge is 0.0252 e. The maximum Gasteiger partial charge on any atom is 0.0252 e. The summed E-state index contributed by atoms with van der Waals surface area (Å²) in [7, 11) is 2.29. The predicted octanol–water partition coefficient (Wildman–Crippen LogP) is 8.36. The molecule has 0 fully saturated rings. The second-order valence-electron chi connectivity index (χ2n) is 10.5. The SMILES string of the molecule is C=C/C=C\C(=C/C=C)C(c1ccccc1)(C(C)C)C(C)CC(C)(C)N(C)C(C)(C)CC. The van der Waals surface area contributed by atoms with Gasteiger partial charge >= 0.3 is 0 Å². The summed E-state index contributed by atoms with van der Waals surface area (Å²) in [6, 6.07) is 11.0. The summed E-state index contributed by atoms with van der Waals surface area (Å²) in [5, 5.41) is 0. The zero-order valence-corrected chi connectivity index (χ0v) is 21.7. The molecule has 0 amide bonds. The molecule has 0 aliphatic rings. The Bertz CT molecular complexity index is 763. The van der Waals surface area contributed by atoms with Crippen molar-refractivity contribution in [3.63, 3.8) is 0 Å². The van der Waals surface area contributed by atoms with Crippen LogP contribution in [0.25, 0.3) is 0 Å². The average molecular weight is 422 g/mol. The van der Waals surface area contributed by atoms with E-state index in [9.17, 15) is 0 Å². The number of hydrogen-bond donors (Lipinski definition) is 0. The van der Waals surface area contributed by atoms with Gasteiger partial charge in [-0.3, -0.25) is 4.90 Å². The average Bonchev–Trinajstić information content (AvgIpc) is 2.72. The molecule has 0 aliphatic carbocycles. The lowest BCUT2D eigenvalue weighted by molar-refractivity contribution is 0.0171. The van der Waals surface area contributed by atoms with Gasteiger partial charge in [0.2, 0.25) is 0 Å². The fourth-order valence-corrected chi connectivity index (χ4v) is 5.42. The summed E-state index contributed by atoms with van der Waals surface area (Å²) in [5.41, 5.74) is 2.73. The molecule has 0 aliphatic heterocycles. The van der Waals surface area contributed by atoms with Crippen LogP contribution >= 0.6 is 0 Å². The van der Waals surface area contributed by atoms with Crippen LogP contribution in [-0.4, -0.2) is 23.0 Å². The summed E-state index contributed by atoms with van der Waals surface area (Å²) in [6.07, 6.45) is 12.5. The molecule has 31 heavy (non-hydrogen) atoms. The Morgan fingerprint density at radius 3 is 2.00 bits per heavy atom. The lowest BCUT2D eigenvalue weighted by Gasteiger charge is -2.51. The van der Waals surface area contributed by atoms with Crippen molar-refractivity contribution in [3.05, 3.63) is 85.0 Å².